The molecule has 0 spiro atoms. The molecular formula is C24H20N2. The van der Waals surface area contributed by atoms with Gasteiger partial charge in [0.1, 0.15) is 0 Å². The summed E-state index contributed by atoms with van der Waals surface area (Å²) in [5, 5.41) is 0. The highest BCUT2D eigenvalue weighted by Crippen LogP contribution is 2.23. The zero-order valence-electron chi connectivity index (χ0n) is 14.7. The van der Waals surface area contributed by atoms with Crippen molar-refractivity contribution in [3.63, 3.8) is 0 Å². The van der Waals surface area contributed by atoms with Crippen molar-refractivity contribution in [2.45, 2.75) is 12.8 Å². The molecule has 126 valence electrons. The van der Waals surface area contributed by atoms with Crippen molar-refractivity contribution in [1.82, 2.24) is 0 Å². The number of benzene rings is 3. The van der Waals surface area contributed by atoms with Crippen molar-refractivity contribution in [3.8, 4) is 0 Å². The quantitative estimate of drug-likeness (QED) is 0.659. The topological polar surface area (TPSA) is 24.7 Å². The highest BCUT2D eigenvalue weighted by Gasteiger charge is 2.17. The van der Waals surface area contributed by atoms with E-state index in [2.05, 4.69) is 72.8 Å². The fraction of sp³-hybridized carbons (Fsp3) is 0.167. The van der Waals surface area contributed by atoms with Crippen LogP contribution >= 0.6 is 0 Å². The number of hydrogen-bond acceptors (Lipinski definition) is 2. The molecule has 0 aromatic heterocycles. The van der Waals surface area contributed by atoms with Gasteiger partial charge in [0.05, 0.1) is 11.4 Å². The Balaban J connectivity index is 1.51. The Labute approximate surface area is 154 Å². The van der Waals surface area contributed by atoms with Crippen LogP contribution in [0.15, 0.2) is 82.8 Å². The molecule has 0 radical (unpaired) electrons. The molecular weight excluding hydrogens is 316 g/mol. The lowest BCUT2D eigenvalue weighted by Crippen LogP contribution is -2.15. The van der Waals surface area contributed by atoms with Gasteiger partial charge in [-0.2, -0.15) is 0 Å². The van der Waals surface area contributed by atoms with Crippen molar-refractivity contribution < 1.29 is 0 Å². The predicted molar refractivity (Wildman–Crippen MR) is 108 cm³/mol. The molecule has 2 nitrogen and oxygen atoms in total. The van der Waals surface area contributed by atoms with E-state index in [9.17, 15) is 0 Å². The molecule has 3 aromatic carbocycles. The molecule has 2 heterocycles. The lowest BCUT2D eigenvalue weighted by atomic mass is 9.90. The van der Waals surface area contributed by atoms with E-state index < -0.39 is 0 Å². The average Bonchev–Trinajstić information content (AvgIpc) is 2.73. The molecule has 0 unspecified atom stereocenters. The van der Waals surface area contributed by atoms with Gasteiger partial charge in [-0.25, -0.2) is 0 Å². The van der Waals surface area contributed by atoms with Crippen LogP contribution in [0.4, 0.5) is 0 Å². The fourth-order valence-corrected chi connectivity index (χ4v) is 3.96. The van der Waals surface area contributed by atoms with Gasteiger partial charge in [0.25, 0.3) is 0 Å². The summed E-state index contributed by atoms with van der Waals surface area (Å²) in [6.07, 6.45) is 2.07. The zero-order valence-corrected chi connectivity index (χ0v) is 14.7. The minimum atomic E-state index is 0.869. The van der Waals surface area contributed by atoms with E-state index in [-0.39, 0.29) is 0 Å². The van der Waals surface area contributed by atoms with E-state index in [1.807, 2.05) is 0 Å². The number of nitrogens with zero attached hydrogens (tertiary/aromatic N) is 2. The van der Waals surface area contributed by atoms with Gasteiger partial charge < -0.3 is 0 Å². The predicted octanol–water partition coefficient (Wildman–Crippen LogP) is 4.47. The molecule has 0 aliphatic carbocycles. The molecule has 0 fully saturated rings. The molecule has 3 aromatic rings. The molecule has 0 saturated carbocycles. The highest BCUT2D eigenvalue weighted by molar-refractivity contribution is 6.16. The minimum absolute atomic E-state index is 0.869. The zero-order chi connectivity index (χ0) is 17.3. The van der Waals surface area contributed by atoms with Crippen LogP contribution in [0.25, 0.3) is 0 Å². The third-order valence-electron chi connectivity index (χ3n) is 5.28. The van der Waals surface area contributed by atoms with Gasteiger partial charge in [-0.05, 0) is 24.0 Å². The van der Waals surface area contributed by atoms with Crippen molar-refractivity contribution in [2.24, 2.45) is 9.98 Å². The number of fused-ring (bicyclic) bond motifs is 2. The van der Waals surface area contributed by atoms with E-state index in [1.165, 1.54) is 33.4 Å². The average molecular weight is 336 g/mol. The third-order valence-corrected chi connectivity index (χ3v) is 5.28. The number of aliphatic imine (C=N–C) groups is 2. The fourth-order valence-electron chi connectivity index (χ4n) is 3.96. The molecule has 26 heavy (non-hydrogen) atoms. The van der Waals surface area contributed by atoms with Crippen LogP contribution in [-0.4, -0.2) is 24.5 Å². The summed E-state index contributed by atoms with van der Waals surface area (Å²) in [7, 11) is 0. The van der Waals surface area contributed by atoms with Gasteiger partial charge in [-0.1, -0.05) is 72.8 Å². The Morgan fingerprint density at radius 2 is 0.923 bits per heavy atom. The molecule has 5 rings (SSSR count). The summed E-state index contributed by atoms with van der Waals surface area (Å²) < 4.78 is 0. The van der Waals surface area contributed by atoms with Gasteiger partial charge in [0.15, 0.2) is 0 Å². The normalized spacial score (nSPS) is 15.5. The first-order valence-electron chi connectivity index (χ1n) is 9.26. The summed E-state index contributed by atoms with van der Waals surface area (Å²) in [5.74, 6) is 0. The van der Waals surface area contributed by atoms with E-state index in [4.69, 9.17) is 9.98 Å². The maximum Gasteiger partial charge on any atom is 0.0721 e. The number of rotatable bonds is 2. The summed E-state index contributed by atoms with van der Waals surface area (Å²) in [4.78, 5) is 9.61. The van der Waals surface area contributed by atoms with Crippen molar-refractivity contribution in [1.29, 1.82) is 0 Å². The highest BCUT2D eigenvalue weighted by atomic mass is 14.8. The van der Waals surface area contributed by atoms with Gasteiger partial charge in [0.2, 0.25) is 0 Å². The monoisotopic (exact) mass is 336 g/mol. The summed E-state index contributed by atoms with van der Waals surface area (Å²) in [5.41, 5.74) is 9.93. The van der Waals surface area contributed by atoms with Crippen LogP contribution in [0.1, 0.15) is 33.4 Å². The molecule has 0 amide bonds. The van der Waals surface area contributed by atoms with Crippen LogP contribution in [0.2, 0.25) is 0 Å². The molecule has 2 aliphatic heterocycles. The molecule has 0 N–H and O–H groups in total. The SMILES string of the molecule is c1ccc2c(c1)CCN=C2c1ccc(C2=NCCc3ccccc32)cc1. The Bertz CT molecular complexity index is 942. The second-order valence-corrected chi connectivity index (χ2v) is 6.85. The first-order chi connectivity index (χ1) is 12.9. The van der Waals surface area contributed by atoms with Crippen LogP contribution in [-0.2, 0) is 12.8 Å². The maximum absolute atomic E-state index is 4.81. The van der Waals surface area contributed by atoms with Crippen LogP contribution in [0.5, 0.6) is 0 Å². The van der Waals surface area contributed by atoms with Crippen molar-refractivity contribution >= 4 is 11.4 Å². The lowest BCUT2D eigenvalue weighted by molar-refractivity contribution is 0.943. The van der Waals surface area contributed by atoms with Crippen molar-refractivity contribution in [3.05, 3.63) is 106 Å². The molecule has 0 atom stereocenters. The first-order valence-corrected chi connectivity index (χ1v) is 9.26. The molecule has 2 aliphatic rings. The Morgan fingerprint density at radius 1 is 0.500 bits per heavy atom. The summed E-state index contributed by atoms with van der Waals surface area (Å²) in [6, 6.07) is 26.0. The molecule has 0 saturated heterocycles. The first kappa shape index (κ1) is 15.3. The van der Waals surface area contributed by atoms with Gasteiger partial charge in [0, 0.05) is 35.3 Å². The standard InChI is InChI=1S/C24H20N2/c1-3-7-21-17(5-1)13-15-25-23(21)19-9-11-20(12-10-19)24-22-8-4-2-6-18(22)14-16-26-24/h1-12H,13-16H2. The minimum Gasteiger partial charge on any atom is -0.284 e. The second kappa shape index (κ2) is 6.38. The largest absolute Gasteiger partial charge is 0.284 e. The van der Waals surface area contributed by atoms with Crippen LogP contribution < -0.4 is 0 Å². The second-order valence-electron chi connectivity index (χ2n) is 6.85. The number of hydrogen-bond donors (Lipinski definition) is 0. The third kappa shape index (κ3) is 2.59. The van der Waals surface area contributed by atoms with Gasteiger partial charge in [-0.15, -0.1) is 0 Å². The van der Waals surface area contributed by atoms with Gasteiger partial charge in [-0.3, -0.25) is 9.98 Å². The smallest absolute Gasteiger partial charge is 0.0721 e. The molecule has 2 heteroatoms. The van der Waals surface area contributed by atoms with E-state index >= 15 is 0 Å². The molecule has 0 bridgehead atoms. The van der Waals surface area contributed by atoms with E-state index in [0.717, 1.165) is 37.4 Å². The van der Waals surface area contributed by atoms with Crippen LogP contribution in [0.3, 0.4) is 0 Å². The lowest BCUT2D eigenvalue weighted by Gasteiger charge is -2.19. The van der Waals surface area contributed by atoms with Gasteiger partial charge >= 0.3 is 0 Å². The van der Waals surface area contributed by atoms with Crippen LogP contribution in [0, 0.1) is 0 Å². The maximum atomic E-state index is 4.81. The van der Waals surface area contributed by atoms with E-state index in [1.54, 1.807) is 0 Å². The van der Waals surface area contributed by atoms with Crippen molar-refractivity contribution in [2.75, 3.05) is 13.1 Å². The Morgan fingerprint density at radius 3 is 1.38 bits per heavy atom. The Kier molecular flexibility index (Phi) is 3.75. The van der Waals surface area contributed by atoms with E-state index in [0.29, 0.717) is 0 Å². The summed E-state index contributed by atoms with van der Waals surface area (Å²) >= 11 is 0. The summed E-state index contributed by atoms with van der Waals surface area (Å²) in [6.45, 7) is 1.74. The Hall–Kier alpha value is -3.00.